The van der Waals surface area contributed by atoms with E-state index in [4.69, 9.17) is 4.42 Å². The molecule has 12 aromatic rings. The van der Waals surface area contributed by atoms with E-state index in [0.717, 1.165) is 77.6 Å². The van der Waals surface area contributed by atoms with E-state index in [-0.39, 0.29) is 0 Å². The summed E-state index contributed by atoms with van der Waals surface area (Å²) in [5.74, 6) is 0.462. The molecule has 0 atom stereocenters. The van der Waals surface area contributed by atoms with E-state index in [9.17, 15) is 0 Å². The number of rotatable bonds is 10. The molecule has 1 heterocycles. The van der Waals surface area contributed by atoms with Gasteiger partial charge in [-0.15, -0.1) is 0 Å². The van der Waals surface area contributed by atoms with Gasteiger partial charge in [0, 0.05) is 44.6 Å². The Kier molecular flexibility index (Phi) is 10.4. The second-order valence-corrected chi connectivity index (χ2v) is 18.0. The van der Waals surface area contributed by atoms with Gasteiger partial charge in [-0.05, 0) is 140 Å². The molecule has 0 saturated carbocycles. The minimum Gasteiger partial charge on any atom is -0.456 e. The minimum atomic E-state index is 0.462. The number of hydrogen-bond acceptors (Lipinski definition) is 3. The summed E-state index contributed by atoms with van der Waals surface area (Å²) in [6.07, 6.45) is 0. The van der Waals surface area contributed by atoms with Crippen molar-refractivity contribution < 1.29 is 4.42 Å². The Bertz CT molecular complexity index is 3760. The van der Waals surface area contributed by atoms with Gasteiger partial charge in [0.25, 0.3) is 0 Å². The fraction of sp³-hybridized carbons (Fsp3) is 0.0462. The van der Waals surface area contributed by atoms with Gasteiger partial charge in [-0.3, -0.25) is 0 Å². The maximum absolute atomic E-state index is 6.83. The van der Waals surface area contributed by atoms with Gasteiger partial charge in [0.15, 0.2) is 0 Å². The van der Waals surface area contributed by atoms with Crippen molar-refractivity contribution >= 4 is 77.6 Å². The number of benzene rings is 11. The smallest absolute Gasteiger partial charge is 0.136 e. The number of para-hydroxylation sites is 3. The highest BCUT2D eigenvalue weighted by Gasteiger charge is 2.21. The fourth-order valence-electron chi connectivity index (χ4n) is 9.89. The standard InChI is InChI=1S/C65H48N2O/c1-44(2)45-29-31-48(32-30-45)59-26-13-15-28-63(59)67(55-24-16-21-49(37-55)46-17-6-3-7-18-46)57-36-34-51-41-61-60-40-50-33-35-56(38-52(50)42-64(60)68-65(61)43-53(51)39-57)66(54-22-10-5-11-23-54)62-27-14-12-25-58(62)47-19-8-4-9-20-47/h3-44H,1-2H3. The van der Waals surface area contributed by atoms with Crippen LogP contribution in [0.15, 0.2) is 253 Å². The van der Waals surface area contributed by atoms with E-state index in [1.54, 1.807) is 0 Å². The fourth-order valence-corrected chi connectivity index (χ4v) is 9.89. The average molecular weight is 873 g/mol. The summed E-state index contributed by atoms with van der Waals surface area (Å²) in [6, 6.07) is 89.9. The molecule has 68 heavy (non-hydrogen) atoms. The van der Waals surface area contributed by atoms with Crippen molar-refractivity contribution in [2.45, 2.75) is 19.8 Å². The highest BCUT2D eigenvalue weighted by molar-refractivity contribution is 6.14. The highest BCUT2D eigenvalue weighted by Crippen LogP contribution is 2.45. The first-order valence-electron chi connectivity index (χ1n) is 23.5. The predicted octanol–water partition coefficient (Wildman–Crippen LogP) is 19.0. The molecule has 324 valence electrons. The minimum absolute atomic E-state index is 0.462. The lowest BCUT2D eigenvalue weighted by Crippen LogP contribution is -2.11. The summed E-state index contributed by atoms with van der Waals surface area (Å²) in [4.78, 5) is 4.76. The monoisotopic (exact) mass is 872 g/mol. The van der Waals surface area contributed by atoms with Crippen molar-refractivity contribution in [1.82, 2.24) is 0 Å². The molecule has 0 N–H and O–H groups in total. The third kappa shape index (κ3) is 7.54. The molecule has 0 bridgehead atoms. The zero-order valence-corrected chi connectivity index (χ0v) is 38.1. The molecule has 0 unspecified atom stereocenters. The van der Waals surface area contributed by atoms with Gasteiger partial charge >= 0.3 is 0 Å². The number of nitrogens with zero attached hydrogens (tertiary/aromatic N) is 2. The Hall–Kier alpha value is -8.66. The predicted molar refractivity (Wildman–Crippen MR) is 288 cm³/mol. The SMILES string of the molecule is CC(C)c1ccc(-c2ccccc2N(c2cccc(-c3ccccc3)c2)c2ccc3cc4c(cc3c2)oc2cc3cc(N(c5ccccc5)c5ccccc5-c5ccccc5)ccc3cc24)cc1. The molecule has 0 saturated heterocycles. The summed E-state index contributed by atoms with van der Waals surface area (Å²) in [6.45, 7) is 4.49. The second-order valence-electron chi connectivity index (χ2n) is 18.0. The van der Waals surface area contributed by atoms with Crippen molar-refractivity contribution in [1.29, 1.82) is 0 Å². The lowest BCUT2D eigenvalue weighted by Gasteiger charge is -2.28. The number of anilines is 6. The first kappa shape index (κ1) is 40.8. The van der Waals surface area contributed by atoms with Crippen LogP contribution >= 0.6 is 0 Å². The van der Waals surface area contributed by atoms with Gasteiger partial charge in [-0.25, -0.2) is 0 Å². The normalized spacial score (nSPS) is 11.5. The third-order valence-corrected chi connectivity index (χ3v) is 13.4. The first-order chi connectivity index (χ1) is 33.5. The molecule has 0 aliphatic rings. The lowest BCUT2D eigenvalue weighted by atomic mass is 9.96. The summed E-state index contributed by atoms with van der Waals surface area (Å²) in [5.41, 5.74) is 16.7. The van der Waals surface area contributed by atoms with Gasteiger partial charge in [-0.1, -0.05) is 178 Å². The summed E-state index contributed by atoms with van der Waals surface area (Å²) >= 11 is 0. The van der Waals surface area contributed by atoms with Gasteiger partial charge in [0.05, 0.1) is 11.4 Å². The molecule has 0 aliphatic carbocycles. The Balaban J connectivity index is 0.974. The van der Waals surface area contributed by atoms with Gasteiger partial charge in [0.2, 0.25) is 0 Å². The molecule has 3 nitrogen and oxygen atoms in total. The van der Waals surface area contributed by atoms with E-state index >= 15 is 0 Å². The molecular formula is C65H48N2O. The summed E-state index contributed by atoms with van der Waals surface area (Å²) in [5, 5.41) is 6.76. The zero-order chi connectivity index (χ0) is 45.6. The Morgan fingerprint density at radius 2 is 0.750 bits per heavy atom. The molecule has 0 amide bonds. The number of fused-ring (bicyclic) bond motifs is 5. The van der Waals surface area contributed by atoms with Gasteiger partial charge < -0.3 is 14.2 Å². The lowest BCUT2D eigenvalue weighted by molar-refractivity contribution is 0.670. The second kappa shape index (κ2) is 17.3. The third-order valence-electron chi connectivity index (χ3n) is 13.4. The van der Waals surface area contributed by atoms with Crippen molar-refractivity contribution in [3.63, 3.8) is 0 Å². The largest absolute Gasteiger partial charge is 0.456 e. The average Bonchev–Trinajstić information content (AvgIpc) is 3.74. The van der Waals surface area contributed by atoms with E-state index < -0.39 is 0 Å². The molecule has 0 fully saturated rings. The van der Waals surface area contributed by atoms with Crippen LogP contribution in [0.25, 0.3) is 76.9 Å². The van der Waals surface area contributed by atoms with Crippen LogP contribution in [0.5, 0.6) is 0 Å². The Morgan fingerprint density at radius 3 is 1.31 bits per heavy atom. The van der Waals surface area contributed by atoms with Crippen LogP contribution in [0.3, 0.4) is 0 Å². The van der Waals surface area contributed by atoms with Crippen LogP contribution in [0.2, 0.25) is 0 Å². The molecular weight excluding hydrogens is 825 g/mol. The van der Waals surface area contributed by atoms with Crippen molar-refractivity contribution in [2.24, 2.45) is 0 Å². The molecule has 0 spiro atoms. The van der Waals surface area contributed by atoms with E-state index in [1.165, 1.54) is 38.9 Å². The van der Waals surface area contributed by atoms with Crippen LogP contribution in [0.4, 0.5) is 34.1 Å². The van der Waals surface area contributed by atoms with Crippen molar-refractivity contribution in [2.75, 3.05) is 9.80 Å². The maximum atomic E-state index is 6.83. The Morgan fingerprint density at radius 1 is 0.309 bits per heavy atom. The van der Waals surface area contributed by atoms with Crippen LogP contribution in [-0.4, -0.2) is 0 Å². The van der Waals surface area contributed by atoms with Gasteiger partial charge in [0.1, 0.15) is 11.2 Å². The number of hydrogen-bond donors (Lipinski definition) is 0. The van der Waals surface area contributed by atoms with E-state index in [0.29, 0.717) is 5.92 Å². The van der Waals surface area contributed by atoms with Gasteiger partial charge in [-0.2, -0.15) is 0 Å². The molecule has 12 rings (SSSR count). The van der Waals surface area contributed by atoms with E-state index in [1.807, 2.05) is 0 Å². The Labute approximate surface area is 397 Å². The summed E-state index contributed by atoms with van der Waals surface area (Å²) < 4.78 is 6.83. The van der Waals surface area contributed by atoms with E-state index in [2.05, 4.69) is 272 Å². The van der Waals surface area contributed by atoms with Crippen LogP contribution in [0, 0.1) is 0 Å². The van der Waals surface area contributed by atoms with Crippen molar-refractivity contribution in [3.8, 4) is 33.4 Å². The van der Waals surface area contributed by atoms with Crippen LogP contribution in [0.1, 0.15) is 25.3 Å². The summed E-state index contributed by atoms with van der Waals surface area (Å²) in [7, 11) is 0. The molecule has 0 aliphatic heterocycles. The maximum Gasteiger partial charge on any atom is 0.136 e. The number of furan rings is 1. The first-order valence-corrected chi connectivity index (χ1v) is 23.5. The van der Waals surface area contributed by atoms with Crippen LogP contribution < -0.4 is 9.80 Å². The molecule has 3 heteroatoms. The van der Waals surface area contributed by atoms with Crippen LogP contribution in [-0.2, 0) is 0 Å². The zero-order valence-electron chi connectivity index (χ0n) is 38.1. The quantitative estimate of drug-likeness (QED) is 0.136. The molecule has 11 aromatic carbocycles. The molecule has 0 radical (unpaired) electrons. The topological polar surface area (TPSA) is 19.6 Å². The van der Waals surface area contributed by atoms with Crippen molar-refractivity contribution in [3.05, 3.63) is 254 Å². The highest BCUT2D eigenvalue weighted by atomic mass is 16.3. The molecule has 1 aromatic heterocycles.